The third kappa shape index (κ3) is 4.35. The quantitative estimate of drug-likeness (QED) is 0.512. The topological polar surface area (TPSA) is 136 Å². The molecule has 2 rings (SSSR count). The first kappa shape index (κ1) is 20.2. The summed E-state index contributed by atoms with van der Waals surface area (Å²) in [7, 11) is 0. The number of non-ortho nitro benzene ring substituents is 1. The van der Waals surface area contributed by atoms with Crippen LogP contribution in [-0.2, 0) is 4.79 Å². The molecule has 0 spiro atoms. The number of nitrogens with zero attached hydrogens (tertiary/aromatic N) is 1. The smallest absolute Gasteiger partial charge is 0.271 e. The van der Waals surface area contributed by atoms with Gasteiger partial charge in [0.1, 0.15) is 5.75 Å². The number of nitrogens with two attached hydrogens (primary N) is 1. The molecule has 0 aliphatic heterocycles. The van der Waals surface area contributed by atoms with Crippen LogP contribution in [0.1, 0.15) is 35.7 Å². The standard InChI is InChI=1S/C18H18ClN3O5/c1-9(2)15(11-4-3-5-12(16(11)23)17(20)24)18(25)21-14-7-6-10(22(26)27)8-13(14)19/h3-9,15,23H,1-2H3,(H2,20,24)(H,21,25). The van der Waals surface area contributed by atoms with Gasteiger partial charge in [-0.3, -0.25) is 19.7 Å². The summed E-state index contributed by atoms with van der Waals surface area (Å²) in [5, 5.41) is 23.8. The van der Waals surface area contributed by atoms with Crippen molar-refractivity contribution in [1.82, 2.24) is 0 Å². The Kier molecular flexibility index (Phi) is 6.02. The van der Waals surface area contributed by atoms with Crippen LogP contribution in [0.15, 0.2) is 36.4 Å². The number of amides is 2. The summed E-state index contributed by atoms with van der Waals surface area (Å²) in [5.41, 5.74) is 5.40. The van der Waals surface area contributed by atoms with E-state index in [0.717, 1.165) is 6.07 Å². The fourth-order valence-corrected chi connectivity index (χ4v) is 2.97. The predicted molar refractivity (Wildman–Crippen MR) is 101 cm³/mol. The molecule has 142 valence electrons. The second kappa shape index (κ2) is 8.05. The second-order valence-electron chi connectivity index (χ2n) is 6.24. The summed E-state index contributed by atoms with van der Waals surface area (Å²) < 4.78 is 0. The highest BCUT2D eigenvalue weighted by Gasteiger charge is 2.29. The molecule has 27 heavy (non-hydrogen) atoms. The summed E-state index contributed by atoms with van der Waals surface area (Å²) in [6, 6.07) is 8.10. The third-order valence-corrected chi connectivity index (χ3v) is 4.35. The van der Waals surface area contributed by atoms with Crippen LogP contribution in [0.2, 0.25) is 5.02 Å². The summed E-state index contributed by atoms with van der Waals surface area (Å²) in [4.78, 5) is 34.5. The van der Waals surface area contributed by atoms with Gasteiger partial charge in [0.2, 0.25) is 5.91 Å². The van der Waals surface area contributed by atoms with Crippen molar-refractivity contribution in [1.29, 1.82) is 0 Å². The van der Waals surface area contributed by atoms with Gasteiger partial charge in [-0.15, -0.1) is 0 Å². The number of nitrogens with one attached hydrogen (secondary N) is 1. The number of halogens is 1. The van der Waals surface area contributed by atoms with Gasteiger partial charge in [-0.05, 0) is 18.1 Å². The molecular weight excluding hydrogens is 374 g/mol. The third-order valence-electron chi connectivity index (χ3n) is 4.04. The molecule has 0 aliphatic carbocycles. The number of nitro groups is 1. The number of anilines is 1. The molecule has 0 saturated carbocycles. The van der Waals surface area contributed by atoms with Crippen LogP contribution in [0.5, 0.6) is 5.75 Å². The summed E-state index contributed by atoms with van der Waals surface area (Å²) in [5.74, 6) is -2.70. The van der Waals surface area contributed by atoms with E-state index in [9.17, 15) is 24.8 Å². The zero-order chi connectivity index (χ0) is 20.3. The number of hydrogen-bond acceptors (Lipinski definition) is 5. The zero-order valence-electron chi connectivity index (χ0n) is 14.6. The number of aromatic hydroxyl groups is 1. The Labute approximate surface area is 160 Å². The molecule has 0 aromatic heterocycles. The van der Waals surface area contributed by atoms with Crippen molar-refractivity contribution >= 4 is 34.8 Å². The first-order valence-corrected chi connectivity index (χ1v) is 8.37. The largest absolute Gasteiger partial charge is 0.507 e. The van der Waals surface area contributed by atoms with E-state index < -0.39 is 22.7 Å². The van der Waals surface area contributed by atoms with E-state index in [0.29, 0.717) is 0 Å². The Hall–Kier alpha value is -3.13. The van der Waals surface area contributed by atoms with Crippen LogP contribution in [0.4, 0.5) is 11.4 Å². The molecule has 0 fully saturated rings. The lowest BCUT2D eigenvalue weighted by atomic mass is 9.86. The van der Waals surface area contributed by atoms with Gasteiger partial charge in [-0.1, -0.05) is 37.6 Å². The molecule has 1 atom stereocenters. The number of para-hydroxylation sites is 1. The highest BCUT2D eigenvalue weighted by Crippen LogP contribution is 2.35. The maximum Gasteiger partial charge on any atom is 0.271 e. The van der Waals surface area contributed by atoms with Crippen molar-refractivity contribution in [3.8, 4) is 5.75 Å². The molecule has 0 bridgehead atoms. The minimum absolute atomic E-state index is 0.00941. The Morgan fingerprint density at radius 3 is 2.44 bits per heavy atom. The van der Waals surface area contributed by atoms with Crippen LogP contribution in [0, 0.1) is 16.0 Å². The number of phenols is 1. The van der Waals surface area contributed by atoms with Crippen LogP contribution < -0.4 is 11.1 Å². The summed E-state index contributed by atoms with van der Waals surface area (Å²) in [6.45, 7) is 3.55. The lowest BCUT2D eigenvalue weighted by Gasteiger charge is -2.22. The summed E-state index contributed by atoms with van der Waals surface area (Å²) in [6.07, 6.45) is 0. The molecule has 0 heterocycles. The fourth-order valence-electron chi connectivity index (χ4n) is 2.74. The average Bonchev–Trinajstić information content (AvgIpc) is 2.57. The number of primary amides is 1. The molecule has 0 saturated heterocycles. The van der Waals surface area contributed by atoms with Crippen molar-refractivity contribution in [3.05, 3.63) is 62.7 Å². The van der Waals surface area contributed by atoms with Crippen LogP contribution in [-0.4, -0.2) is 21.8 Å². The van der Waals surface area contributed by atoms with E-state index >= 15 is 0 Å². The van der Waals surface area contributed by atoms with Gasteiger partial charge < -0.3 is 16.2 Å². The maximum atomic E-state index is 12.8. The van der Waals surface area contributed by atoms with Crippen molar-refractivity contribution in [2.75, 3.05) is 5.32 Å². The molecule has 4 N–H and O–H groups in total. The Bertz CT molecular complexity index is 914. The number of hydrogen-bond donors (Lipinski definition) is 3. The van der Waals surface area contributed by atoms with Gasteiger partial charge in [0.05, 0.1) is 27.1 Å². The minimum atomic E-state index is -0.810. The second-order valence-corrected chi connectivity index (χ2v) is 6.65. The number of nitro benzene ring substituents is 1. The van der Waals surface area contributed by atoms with E-state index in [4.69, 9.17) is 17.3 Å². The van der Waals surface area contributed by atoms with E-state index in [-0.39, 0.29) is 39.2 Å². The van der Waals surface area contributed by atoms with Crippen LogP contribution in [0.3, 0.4) is 0 Å². The number of rotatable bonds is 6. The van der Waals surface area contributed by atoms with Gasteiger partial charge in [-0.2, -0.15) is 0 Å². The fraction of sp³-hybridized carbons (Fsp3) is 0.222. The minimum Gasteiger partial charge on any atom is -0.507 e. The Morgan fingerprint density at radius 1 is 1.26 bits per heavy atom. The molecular formula is C18H18ClN3O5. The van der Waals surface area contributed by atoms with Crippen molar-refractivity contribution in [2.24, 2.45) is 11.7 Å². The molecule has 0 radical (unpaired) electrons. The first-order chi connectivity index (χ1) is 12.6. The van der Waals surface area contributed by atoms with Crippen molar-refractivity contribution < 1.29 is 19.6 Å². The number of benzene rings is 2. The first-order valence-electron chi connectivity index (χ1n) is 8.00. The maximum absolute atomic E-state index is 12.8. The van der Waals surface area contributed by atoms with E-state index in [2.05, 4.69) is 5.32 Å². The molecule has 2 aromatic rings. The van der Waals surface area contributed by atoms with Crippen LogP contribution >= 0.6 is 11.6 Å². The molecule has 8 nitrogen and oxygen atoms in total. The lowest BCUT2D eigenvalue weighted by Crippen LogP contribution is -2.26. The highest BCUT2D eigenvalue weighted by atomic mass is 35.5. The van der Waals surface area contributed by atoms with Gasteiger partial charge in [0, 0.05) is 17.7 Å². The van der Waals surface area contributed by atoms with Gasteiger partial charge in [0.25, 0.3) is 11.6 Å². The van der Waals surface area contributed by atoms with E-state index in [1.54, 1.807) is 13.8 Å². The highest BCUT2D eigenvalue weighted by molar-refractivity contribution is 6.34. The lowest BCUT2D eigenvalue weighted by molar-refractivity contribution is -0.384. The molecule has 1 unspecified atom stereocenters. The van der Waals surface area contributed by atoms with Crippen molar-refractivity contribution in [3.63, 3.8) is 0 Å². The predicted octanol–water partition coefficient (Wildman–Crippen LogP) is 3.43. The normalized spacial score (nSPS) is 11.9. The SMILES string of the molecule is CC(C)C(C(=O)Nc1ccc([N+](=O)[O-])cc1Cl)c1cccc(C(N)=O)c1O. The van der Waals surface area contributed by atoms with Crippen LogP contribution in [0.25, 0.3) is 0 Å². The van der Waals surface area contributed by atoms with Gasteiger partial charge >= 0.3 is 0 Å². The zero-order valence-corrected chi connectivity index (χ0v) is 15.4. The molecule has 2 amide bonds. The van der Waals surface area contributed by atoms with E-state index in [1.807, 2.05) is 0 Å². The number of carbonyl (C=O) groups is 2. The van der Waals surface area contributed by atoms with Gasteiger partial charge in [-0.25, -0.2) is 0 Å². The van der Waals surface area contributed by atoms with E-state index in [1.165, 1.54) is 30.3 Å². The number of carbonyl (C=O) groups excluding carboxylic acids is 2. The average molecular weight is 392 g/mol. The monoisotopic (exact) mass is 391 g/mol. The molecule has 9 heteroatoms. The molecule has 2 aromatic carbocycles. The Morgan fingerprint density at radius 2 is 1.93 bits per heavy atom. The van der Waals surface area contributed by atoms with Gasteiger partial charge in [0.15, 0.2) is 0 Å². The van der Waals surface area contributed by atoms with Crippen molar-refractivity contribution in [2.45, 2.75) is 19.8 Å². The molecule has 0 aliphatic rings. The Balaban J connectivity index is 2.38. The summed E-state index contributed by atoms with van der Waals surface area (Å²) >= 11 is 6.02.